The van der Waals surface area contributed by atoms with E-state index in [1.54, 1.807) is 12.1 Å². The first-order valence-electron chi connectivity index (χ1n) is 17.9. The molecule has 7 rings (SSSR count). The number of alkyl halides is 3. The summed E-state index contributed by atoms with van der Waals surface area (Å²) < 4.78 is 58.7. The predicted octanol–water partition coefficient (Wildman–Crippen LogP) is 6.56. The van der Waals surface area contributed by atoms with Crippen LogP contribution in [-0.2, 0) is 17.3 Å². The van der Waals surface area contributed by atoms with Crippen molar-refractivity contribution in [2.75, 3.05) is 33.5 Å². The van der Waals surface area contributed by atoms with E-state index in [1.807, 2.05) is 0 Å². The number of halogens is 3. The fraction of sp³-hybridized carbons (Fsp3) is 0.579. The van der Waals surface area contributed by atoms with Gasteiger partial charge < -0.3 is 29.4 Å². The lowest BCUT2D eigenvalue weighted by Gasteiger charge is -2.50. The molecule has 1 aromatic carbocycles. The molecule has 4 aliphatic rings. The third-order valence-corrected chi connectivity index (χ3v) is 11.0. The van der Waals surface area contributed by atoms with Crippen molar-refractivity contribution in [1.29, 1.82) is 0 Å². The van der Waals surface area contributed by atoms with Gasteiger partial charge in [0.25, 0.3) is 5.91 Å². The van der Waals surface area contributed by atoms with E-state index in [9.17, 15) is 23.1 Å². The average Bonchev–Trinajstić information content (AvgIpc) is 3.45. The number of aliphatic hydroxyl groups excluding tert-OH is 1. The molecule has 13 heteroatoms. The van der Waals surface area contributed by atoms with Gasteiger partial charge in [-0.2, -0.15) is 13.2 Å². The lowest BCUT2D eigenvalue weighted by molar-refractivity contribution is -0.141. The van der Waals surface area contributed by atoms with Crippen molar-refractivity contribution in [2.24, 2.45) is 17.3 Å². The highest BCUT2D eigenvalue weighted by Crippen LogP contribution is 2.61. The van der Waals surface area contributed by atoms with E-state index in [2.05, 4.69) is 45.6 Å². The minimum atomic E-state index is -4.44. The van der Waals surface area contributed by atoms with Gasteiger partial charge in [-0.25, -0.2) is 4.98 Å². The van der Waals surface area contributed by atoms with Gasteiger partial charge in [0.15, 0.2) is 5.69 Å². The Balaban J connectivity index is 0.000000221. The highest BCUT2D eigenvalue weighted by Gasteiger charge is 2.54. The van der Waals surface area contributed by atoms with Gasteiger partial charge in [-0.3, -0.25) is 4.79 Å². The van der Waals surface area contributed by atoms with E-state index in [0.717, 1.165) is 43.9 Å². The SMILES string of the molecule is COc1ccc(C(=O)NCCCOc2ccc3c(c2)CCC2C3CCC3(C)C(O)CCC23)nn1.FC(F)(F)c1cccc(OC2CCCOC2)n1. The van der Waals surface area contributed by atoms with Gasteiger partial charge >= 0.3 is 6.18 Å². The zero-order chi connectivity index (χ0) is 36.0. The molecule has 0 radical (unpaired) electrons. The highest BCUT2D eigenvalue weighted by molar-refractivity contribution is 5.92. The zero-order valence-corrected chi connectivity index (χ0v) is 29.2. The number of nitrogens with zero attached hydrogens (tertiary/aromatic N) is 3. The quantitative estimate of drug-likeness (QED) is 0.238. The Labute approximate surface area is 296 Å². The van der Waals surface area contributed by atoms with Crippen LogP contribution in [0.1, 0.15) is 91.5 Å². The maximum atomic E-state index is 12.4. The molecule has 1 aliphatic heterocycles. The summed E-state index contributed by atoms with van der Waals surface area (Å²) in [5, 5.41) is 21.1. The van der Waals surface area contributed by atoms with E-state index in [-0.39, 0.29) is 35.1 Å². The molecule has 276 valence electrons. The fourth-order valence-electron chi connectivity index (χ4n) is 8.34. The van der Waals surface area contributed by atoms with Crippen molar-refractivity contribution in [3.63, 3.8) is 0 Å². The number of methoxy groups -OCH3 is 1. The van der Waals surface area contributed by atoms with Gasteiger partial charge in [-0.1, -0.05) is 19.1 Å². The summed E-state index contributed by atoms with van der Waals surface area (Å²) in [6.07, 6.45) is 4.33. The van der Waals surface area contributed by atoms with Crippen molar-refractivity contribution in [3.8, 4) is 17.5 Å². The molecule has 3 heterocycles. The number of carbonyl (C=O) groups is 1. The van der Waals surface area contributed by atoms with Crippen molar-refractivity contribution in [1.82, 2.24) is 20.5 Å². The van der Waals surface area contributed by atoms with Crippen LogP contribution in [0, 0.1) is 17.3 Å². The van der Waals surface area contributed by atoms with Crippen LogP contribution in [0.4, 0.5) is 13.2 Å². The monoisotopic (exact) mass is 712 g/mol. The summed E-state index contributed by atoms with van der Waals surface area (Å²) >= 11 is 0. The average molecular weight is 713 g/mol. The Morgan fingerprint density at radius 3 is 2.67 bits per heavy atom. The van der Waals surface area contributed by atoms with E-state index in [1.165, 1.54) is 49.6 Å². The van der Waals surface area contributed by atoms with Crippen LogP contribution in [0.5, 0.6) is 17.5 Å². The van der Waals surface area contributed by atoms with Gasteiger partial charge in [0.2, 0.25) is 11.8 Å². The third-order valence-electron chi connectivity index (χ3n) is 11.0. The standard InChI is InChI=1S/C27H35N3O4.C11H12F3NO2/c1-27-13-12-20-19-7-5-18(16-17(19)4-6-21(20)22(27)8-10-24(27)31)34-15-3-14-28-26(32)23-9-11-25(33-2)30-29-23;12-11(13,14)9-4-1-5-10(15-9)17-8-3-2-6-16-7-8/h5,7,9,11,16,20-22,24,31H,3-4,6,8,10,12-15H2,1-2H3,(H,28,32);1,4-5,8H,2-3,6-7H2. The molecule has 10 nitrogen and oxygen atoms in total. The molecule has 2 N–H and O–H groups in total. The molecular weight excluding hydrogens is 665 g/mol. The zero-order valence-electron chi connectivity index (χ0n) is 29.2. The van der Waals surface area contributed by atoms with Crippen LogP contribution in [0.3, 0.4) is 0 Å². The van der Waals surface area contributed by atoms with Gasteiger partial charge in [0.1, 0.15) is 17.5 Å². The van der Waals surface area contributed by atoms with Gasteiger partial charge in [-0.05, 0) is 116 Å². The number of aromatic nitrogens is 3. The van der Waals surface area contributed by atoms with E-state index >= 15 is 0 Å². The van der Waals surface area contributed by atoms with E-state index < -0.39 is 11.9 Å². The maximum Gasteiger partial charge on any atom is 0.433 e. The Bertz CT molecular complexity index is 1620. The van der Waals surface area contributed by atoms with Crippen LogP contribution < -0.4 is 19.5 Å². The number of pyridine rings is 1. The van der Waals surface area contributed by atoms with Crippen LogP contribution in [0.15, 0.2) is 48.5 Å². The largest absolute Gasteiger partial charge is 0.494 e. The summed E-state index contributed by atoms with van der Waals surface area (Å²) in [7, 11) is 1.51. The van der Waals surface area contributed by atoms with Crippen LogP contribution >= 0.6 is 0 Å². The molecule has 51 heavy (non-hydrogen) atoms. The number of aryl methyl sites for hydroxylation is 1. The Kier molecular flexibility index (Phi) is 11.7. The summed E-state index contributed by atoms with van der Waals surface area (Å²) in [4.78, 5) is 15.6. The van der Waals surface area contributed by atoms with Gasteiger partial charge in [-0.15, -0.1) is 10.2 Å². The molecule has 3 aromatic rings. The molecule has 2 aromatic heterocycles. The lowest BCUT2D eigenvalue weighted by Crippen LogP contribution is -2.43. The van der Waals surface area contributed by atoms with Crippen LogP contribution in [-0.4, -0.2) is 71.9 Å². The number of benzene rings is 1. The molecule has 0 bridgehead atoms. The summed E-state index contributed by atoms with van der Waals surface area (Å²) in [6, 6.07) is 13.4. The Hall–Kier alpha value is -3.97. The van der Waals surface area contributed by atoms with E-state index in [0.29, 0.717) is 56.4 Å². The smallest absolute Gasteiger partial charge is 0.433 e. The predicted molar refractivity (Wildman–Crippen MR) is 182 cm³/mol. The number of rotatable bonds is 9. The fourth-order valence-corrected chi connectivity index (χ4v) is 8.34. The minimum absolute atomic E-state index is 0.00433. The number of hydrogen-bond donors (Lipinski definition) is 2. The summed E-state index contributed by atoms with van der Waals surface area (Å²) in [6.45, 7) is 4.45. The number of ether oxygens (including phenoxy) is 4. The Morgan fingerprint density at radius 1 is 1.06 bits per heavy atom. The lowest BCUT2D eigenvalue weighted by atomic mass is 9.55. The van der Waals surface area contributed by atoms with Crippen LogP contribution in [0.25, 0.3) is 0 Å². The number of amides is 1. The van der Waals surface area contributed by atoms with Gasteiger partial charge in [0, 0.05) is 25.3 Å². The molecule has 6 atom stereocenters. The Morgan fingerprint density at radius 2 is 1.92 bits per heavy atom. The second-order valence-corrected chi connectivity index (χ2v) is 14.1. The first-order valence-corrected chi connectivity index (χ1v) is 17.9. The molecule has 6 unspecified atom stereocenters. The van der Waals surface area contributed by atoms with Crippen molar-refractivity contribution < 1.29 is 42.0 Å². The number of fused-ring (bicyclic) bond motifs is 5. The first kappa shape index (κ1) is 36.8. The maximum absolute atomic E-state index is 12.4. The van der Waals surface area contributed by atoms with Crippen LogP contribution in [0.2, 0.25) is 0 Å². The highest BCUT2D eigenvalue weighted by atomic mass is 19.4. The topological polar surface area (TPSA) is 125 Å². The van der Waals surface area contributed by atoms with E-state index in [4.69, 9.17) is 18.9 Å². The number of hydrogen-bond acceptors (Lipinski definition) is 9. The van der Waals surface area contributed by atoms with Crippen molar-refractivity contribution in [3.05, 3.63) is 71.0 Å². The third kappa shape index (κ3) is 8.74. The molecule has 2 saturated carbocycles. The normalized spacial score (nSPS) is 26.7. The molecule has 3 aliphatic carbocycles. The second-order valence-electron chi connectivity index (χ2n) is 14.1. The molecule has 0 spiro atoms. The number of nitrogens with one attached hydrogen (secondary N) is 1. The second kappa shape index (κ2) is 16.1. The van der Waals surface area contributed by atoms with Crippen molar-refractivity contribution >= 4 is 5.91 Å². The van der Waals surface area contributed by atoms with Gasteiger partial charge in [0.05, 0.1) is 26.4 Å². The molecular formula is C38H47F3N4O6. The summed E-state index contributed by atoms with van der Waals surface area (Å²) in [5.41, 5.74) is 2.38. The minimum Gasteiger partial charge on any atom is -0.494 e. The van der Waals surface area contributed by atoms with Crippen molar-refractivity contribution in [2.45, 2.75) is 89.0 Å². The number of carbonyl (C=O) groups excluding carboxylic acids is 1. The molecule has 1 saturated heterocycles. The molecule has 1 amide bonds. The number of aliphatic hydroxyl groups is 1. The molecule has 3 fully saturated rings. The first-order chi connectivity index (χ1) is 24.5. The summed E-state index contributed by atoms with van der Waals surface area (Å²) in [5.74, 6) is 3.01.